The molecule has 6 heteroatoms. The van der Waals surface area contributed by atoms with E-state index < -0.39 is 12.0 Å². The van der Waals surface area contributed by atoms with E-state index in [1.165, 1.54) is 0 Å². The van der Waals surface area contributed by atoms with Gasteiger partial charge in [-0.2, -0.15) is 0 Å². The van der Waals surface area contributed by atoms with E-state index in [4.69, 9.17) is 34.0 Å². The first kappa shape index (κ1) is 12.1. The molecule has 0 bridgehead atoms. The Balaban J connectivity index is 2.61. The first-order chi connectivity index (χ1) is 6.99. The fourth-order valence-electron chi connectivity index (χ4n) is 0.971. The minimum Gasteiger partial charge on any atom is -0.480 e. The number of carbonyl (C=O) groups is 1. The topological polar surface area (TPSA) is 75.3 Å². The Kier molecular flexibility index (Phi) is 4.20. The summed E-state index contributed by atoms with van der Waals surface area (Å²) in [5.74, 6) is -1.06. The molecule has 0 aliphatic carbocycles. The number of hydrogen-bond donors (Lipinski definition) is 3. The van der Waals surface area contributed by atoms with Gasteiger partial charge in [0.2, 0.25) is 0 Å². The molecule has 4 N–H and O–H groups in total. The van der Waals surface area contributed by atoms with Gasteiger partial charge in [-0.1, -0.05) is 23.2 Å². The smallest absolute Gasteiger partial charge is 0.322 e. The number of benzene rings is 1. The molecule has 0 fully saturated rings. The van der Waals surface area contributed by atoms with E-state index in [0.717, 1.165) is 0 Å². The van der Waals surface area contributed by atoms with Crippen molar-refractivity contribution in [3.8, 4) is 0 Å². The van der Waals surface area contributed by atoms with E-state index in [1.54, 1.807) is 18.2 Å². The quantitative estimate of drug-likeness (QED) is 0.760. The molecule has 4 nitrogen and oxygen atoms in total. The lowest BCUT2D eigenvalue weighted by Crippen LogP contribution is -2.36. The number of nitrogens with one attached hydrogen (secondary N) is 1. The van der Waals surface area contributed by atoms with Crippen molar-refractivity contribution in [1.29, 1.82) is 0 Å². The van der Waals surface area contributed by atoms with Gasteiger partial charge in [0.15, 0.2) is 0 Å². The van der Waals surface area contributed by atoms with Gasteiger partial charge in [0, 0.05) is 22.3 Å². The zero-order chi connectivity index (χ0) is 11.4. The van der Waals surface area contributed by atoms with E-state index >= 15 is 0 Å². The van der Waals surface area contributed by atoms with Crippen molar-refractivity contribution in [2.24, 2.45) is 5.73 Å². The molecule has 1 unspecified atom stereocenters. The van der Waals surface area contributed by atoms with Crippen LogP contribution in [0.3, 0.4) is 0 Å². The molecule has 1 rings (SSSR count). The Morgan fingerprint density at radius 1 is 1.40 bits per heavy atom. The summed E-state index contributed by atoms with van der Waals surface area (Å²) in [6, 6.07) is 3.91. The lowest BCUT2D eigenvalue weighted by Gasteiger charge is -2.10. The number of halogens is 2. The van der Waals surface area contributed by atoms with Gasteiger partial charge in [0.1, 0.15) is 6.04 Å². The zero-order valence-corrected chi connectivity index (χ0v) is 9.22. The number of aliphatic carboxylic acids is 1. The Morgan fingerprint density at radius 3 is 2.40 bits per heavy atom. The average molecular weight is 249 g/mol. The van der Waals surface area contributed by atoms with Crippen molar-refractivity contribution in [2.75, 3.05) is 11.9 Å². The predicted molar refractivity (Wildman–Crippen MR) is 60.6 cm³/mol. The fourth-order valence-corrected chi connectivity index (χ4v) is 1.50. The number of carboxylic acid groups (broad SMARTS) is 1. The van der Waals surface area contributed by atoms with Crippen LogP contribution in [-0.2, 0) is 4.79 Å². The van der Waals surface area contributed by atoms with Crippen molar-refractivity contribution in [2.45, 2.75) is 6.04 Å². The Hall–Kier alpha value is -0.970. The maximum absolute atomic E-state index is 10.4. The van der Waals surface area contributed by atoms with Crippen LogP contribution in [0.1, 0.15) is 0 Å². The van der Waals surface area contributed by atoms with Crippen LogP contribution in [0, 0.1) is 0 Å². The van der Waals surface area contributed by atoms with Gasteiger partial charge < -0.3 is 16.2 Å². The molecule has 0 aromatic heterocycles. The van der Waals surface area contributed by atoms with Gasteiger partial charge in [-0.25, -0.2) is 0 Å². The number of anilines is 1. The van der Waals surface area contributed by atoms with Gasteiger partial charge in [-0.05, 0) is 18.2 Å². The normalized spacial score (nSPS) is 12.2. The molecule has 0 heterocycles. The van der Waals surface area contributed by atoms with E-state index in [-0.39, 0.29) is 6.54 Å². The van der Waals surface area contributed by atoms with Crippen LogP contribution in [0.2, 0.25) is 10.0 Å². The summed E-state index contributed by atoms with van der Waals surface area (Å²) in [5.41, 5.74) is 5.96. The summed E-state index contributed by atoms with van der Waals surface area (Å²) < 4.78 is 0. The highest BCUT2D eigenvalue weighted by molar-refractivity contribution is 6.35. The fraction of sp³-hybridized carbons (Fsp3) is 0.222. The van der Waals surface area contributed by atoms with E-state index in [2.05, 4.69) is 5.32 Å². The van der Waals surface area contributed by atoms with Gasteiger partial charge in [0.05, 0.1) is 0 Å². The number of carboxylic acids is 1. The summed E-state index contributed by atoms with van der Waals surface area (Å²) in [4.78, 5) is 10.4. The van der Waals surface area contributed by atoms with Gasteiger partial charge in [0.25, 0.3) is 0 Å². The zero-order valence-electron chi connectivity index (χ0n) is 7.71. The second-order valence-corrected chi connectivity index (χ2v) is 3.86. The summed E-state index contributed by atoms with van der Waals surface area (Å²) >= 11 is 11.5. The lowest BCUT2D eigenvalue weighted by atomic mass is 10.3. The van der Waals surface area contributed by atoms with Crippen LogP contribution in [0.5, 0.6) is 0 Å². The van der Waals surface area contributed by atoms with Gasteiger partial charge >= 0.3 is 5.97 Å². The molecule has 0 radical (unpaired) electrons. The second-order valence-electron chi connectivity index (χ2n) is 2.98. The van der Waals surface area contributed by atoms with Gasteiger partial charge in [-0.15, -0.1) is 0 Å². The SMILES string of the molecule is NC(CNc1cc(Cl)cc(Cl)c1)C(=O)O. The molecule has 82 valence electrons. The van der Waals surface area contributed by atoms with Crippen molar-refractivity contribution in [3.63, 3.8) is 0 Å². The lowest BCUT2D eigenvalue weighted by molar-refractivity contribution is -0.138. The maximum atomic E-state index is 10.4. The first-order valence-corrected chi connectivity index (χ1v) is 4.93. The third-order valence-corrected chi connectivity index (χ3v) is 2.14. The Morgan fingerprint density at radius 2 is 1.93 bits per heavy atom. The van der Waals surface area contributed by atoms with Crippen molar-refractivity contribution in [3.05, 3.63) is 28.2 Å². The van der Waals surface area contributed by atoms with Crippen molar-refractivity contribution < 1.29 is 9.90 Å². The van der Waals surface area contributed by atoms with Crippen molar-refractivity contribution in [1.82, 2.24) is 0 Å². The molecule has 1 aromatic rings. The highest BCUT2D eigenvalue weighted by atomic mass is 35.5. The summed E-state index contributed by atoms with van der Waals surface area (Å²) in [6.07, 6.45) is 0. The number of rotatable bonds is 4. The van der Waals surface area contributed by atoms with E-state index in [9.17, 15) is 4.79 Å². The molecular weight excluding hydrogens is 239 g/mol. The third kappa shape index (κ3) is 3.95. The molecule has 15 heavy (non-hydrogen) atoms. The summed E-state index contributed by atoms with van der Waals surface area (Å²) in [6.45, 7) is 0.117. The molecule has 0 aliphatic heterocycles. The number of hydrogen-bond acceptors (Lipinski definition) is 3. The molecule has 1 atom stereocenters. The van der Waals surface area contributed by atoms with Crippen LogP contribution in [0.4, 0.5) is 5.69 Å². The molecule has 0 spiro atoms. The van der Waals surface area contributed by atoms with E-state index in [1.807, 2.05) is 0 Å². The molecule has 0 aliphatic rings. The summed E-state index contributed by atoms with van der Waals surface area (Å²) in [5, 5.41) is 12.3. The average Bonchev–Trinajstić information content (AvgIpc) is 2.12. The van der Waals surface area contributed by atoms with Crippen LogP contribution in [-0.4, -0.2) is 23.7 Å². The minimum absolute atomic E-state index is 0.117. The molecule has 0 saturated heterocycles. The monoisotopic (exact) mass is 248 g/mol. The maximum Gasteiger partial charge on any atom is 0.322 e. The van der Waals surface area contributed by atoms with E-state index in [0.29, 0.717) is 15.7 Å². The summed E-state index contributed by atoms with van der Waals surface area (Å²) in [7, 11) is 0. The largest absolute Gasteiger partial charge is 0.480 e. The Bertz CT molecular complexity index is 351. The van der Waals surface area contributed by atoms with Gasteiger partial charge in [-0.3, -0.25) is 4.79 Å². The minimum atomic E-state index is -1.06. The van der Waals surface area contributed by atoms with Crippen molar-refractivity contribution >= 4 is 34.9 Å². The molecule has 0 amide bonds. The highest BCUT2D eigenvalue weighted by Gasteiger charge is 2.10. The van der Waals surface area contributed by atoms with Crippen LogP contribution < -0.4 is 11.1 Å². The van der Waals surface area contributed by atoms with Crippen LogP contribution in [0.25, 0.3) is 0 Å². The second kappa shape index (κ2) is 5.21. The third-order valence-electron chi connectivity index (χ3n) is 1.71. The molecule has 0 saturated carbocycles. The first-order valence-electron chi connectivity index (χ1n) is 4.17. The predicted octanol–water partition coefficient (Wildman–Crippen LogP) is 1.82. The van der Waals surface area contributed by atoms with Crippen LogP contribution >= 0.6 is 23.2 Å². The van der Waals surface area contributed by atoms with Crippen LogP contribution in [0.15, 0.2) is 18.2 Å². The molecule has 1 aromatic carbocycles. The Labute approximate surface area is 97.0 Å². The number of nitrogens with two attached hydrogens (primary N) is 1. The molecular formula is C9H10Cl2N2O2. The standard InChI is InChI=1S/C9H10Cl2N2O2/c10-5-1-6(11)3-7(2-5)13-4-8(12)9(14)15/h1-3,8,13H,4,12H2,(H,14,15). The highest BCUT2D eigenvalue weighted by Crippen LogP contribution is 2.22.